The van der Waals surface area contributed by atoms with Crippen LogP contribution in [0.15, 0.2) is 11.6 Å². The molecule has 3 saturated heterocycles. The molecule has 0 aromatic carbocycles. The van der Waals surface area contributed by atoms with Crippen molar-refractivity contribution < 1.29 is 76.8 Å². The molecular formula is C47H70O16. The highest BCUT2D eigenvalue weighted by molar-refractivity contribution is 5.85. The first kappa shape index (κ1) is 46.8. The van der Waals surface area contributed by atoms with Crippen LogP contribution in [0.4, 0.5) is 0 Å². The van der Waals surface area contributed by atoms with E-state index in [0.717, 1.165) is 63.4 Å². The number of hydrogen-bond donors (Lipinski definition) is 2. The van der Waals surface area contributed by atoms with Gasteiger partial charge in [0.05, 0.1) is 42.2 Å². The van der Waals surface area contributed by atoms with Gasteiger partial charge in [0.15, 0.2) is 31.1 Å². The highest BCUT2D eigenvalue weighted by atomic mass is 16.8. The molecule has 4 saturated carbocycles. The van der Waals surface area contributed by atoms with E-state index in [2.05, 4.69) is 13.8 Å². The Morgan fingerprint density at radius 2 is 1.29 bits per heavy atom. The number of esters is 4. The van der Waals surface area contributed by atoms with E-state index in [1.165, 1.54) is 20.8 Å². The number of aliphatic hydroxyl groups excluding tert-OH is 1. The molecular weight excluding hydrogens is 821 g/mol. The lowest BCUT2D eigenvalue weighted by molar-refractivity contribution is -0.344. The highest BCUT2D eigenvalue weighted by Crippen LogP contribution is 2.70. The number of fused-ring (bicyclic) bond motifs is 5. The third-order valence-corrected chi connectivity index (χ3v) is 16.7. The van der Waals surface area contributed by atoms with Gasteiger partial charge < -0.3 is 57.6 Å². The van der Waals surface area contributed by atoms with Crippen LogP contribution in [0.2, 0.25) is 0 Å². The van der Waals surface area contributed by atoms with E-state index in [0.29, 0.717) is 18.4 Å². The molecule has 7 fully saturated rings. The van der Waals surface area contributed by atoms with Gasteiger partial charge >= 0.3 is 23.9 Å². The molecule has 16 heteroatoms. The summed E-state index contributed by atoms with van der Waals surface area (Å²) in [6.07, 6.45) is 1.15. The van der Waals surface area contributed by atoms with Crippen LogP contribution in [-0.2, 0) is 66.5 Å². The van der Waals surface area contributed by atoms with Gasteiger partial charge in [0.1, 0.15) is 18.8 Å². The predicted molar refractivity (Wildman–Crippen MR) is 220 cm³/mol. The van der Waals surface area contributed by atoms with Crippen LogP contribution in [-0.4, -0.2) is 126 Å². The van der Waals surface area contributed by atoms with Gasteiger partial charge in [-0.1, -0.05) is 13.8 Å². The predicted octanol–water partition coefficient (Wildman–Crippen LogP) is 4.96. The lowest BCUT2D eigenvalue weighted by Crippen LogP contribution is -2.62. The van der Waals surface area contributed by atoms with Crippen molar-refractivity contribution in [1.82, 2.24) is 0 Å². The first-order valence-electron chi connectivity index (χ1n) is 23.5. The molecule has 4 heterocycles. The molecule has 0 radical (unpaired) electrons. The van der Waals surface area contributed by atoms with E-state index in [1.54, 1.807) is 19.9 Å². The van der Waals surface area contributed by atoms with Crippen LogP contribution < -0.4 is 0 Å². The number of ether oxygens (including phenoxy) is 10. The second kappa shape index (κ2) is 18.2. The summed E-state index contributed by atoms with van der Waals surface area (Å²) >= 11 is 0. The first-order chi connectivity index (χ1) is 29.8. The van der Waals surface area contributed by atoms with Crippen LogP contribution in [0, 0.1) is 34.5 Å². The summed E-state index contributed by atoms with van der Waals surface area (Å²) in [5, 5.41) is 23.7. The van der Waals surface area contributed by atoms with Crippen LogP contribution in [0.1, 0.15) is 132 Å². The Balaban J connectivity index is 0.949. The van der Waals surface area contributed by atoms with E-state index in [-0.39, 0.29) is 54.0 Å². The molecule has 0 aromatic heterocycles. The molecule has 4 aliphatic heterocycles. The summed E-state index contributed by atoms with van der Waals surface area (Å²) in [4.78, 5) is 47.9. The number of carbonyl (C=O) groups excluding carboxylic acids is 4. The molecule has 2 N–H and O–H groups in total. The van der Waals surface area contributed by atoms with Gasteiger partial charge in [-0.2, -0.15) is 0 Å². The number of hydrogen-bond acceptors (Lipinski definition) is 16. The zero-order chi connectivity index (χ0) is 45.2. The second-order valence-electron chi connectivity index (χ2n) is 20.5. The smallest absolute Gasteiger partial charge is 0.331 e. The Morgan fingerprint density at radius 3 is 1.94 bits per heavy atom. The third kappa shape index (κ3) is 9.10. The van der Waals surface area contributed by atoms with Crippen molar-refractivity contribution in [1.29, 1.82) is 0 Å². The summed E-state index contributed by atoms with van der Waals surface area (Å²) in [6, 6.07) is 0. The minimum Gasteiger partial charge on any atom is -0.458 e. The minimum absolute atomic E-state index is 0.0447. The first-order valence-corrected chi connectivity index (χ1v) is 23.5. The van der Waals surface area contributed by atoms with Crippen molar-refractivity contribution in [3.8, 4) is 0 Å². The monoisotopic (exact) mass is 890 g/mol. The molecule has 1 unspecified atom stereocenters. The van der Waals surface area contributed by atoms with Crippen LogP contribution >= 0.6 is 0 Å². The van der Waals surface area contributed by atoms with E-state index in [9.17, 15) is 29.4 Å². The molecule has 8 rings (SSSR count). The fourth-order valence-electron chi connectivity index (χ4n) is 13.7. The normalized spacial score (nSPS) is 48.4. The third-order valence-electron chi connectivity index (χ3n) is 16.7. The molecule has 0 bridgehead atoms. The number of cyclic esters (lactones) is 1. The maximum Gasteiger partial charge on any atom is 0.331 e. The van der Waals surface area contributed by atoms with Crippen molar-refractivity contribution in [2.75, 3.05) is 6.61 Å². The minimum atomic E-state index is -1.03. The quantitative estimate of drug-likeness (QED) is 0.169. The molecule has 0 aromatic rings. The lowest BCUT2D eigenvalue weighted by Gasteiger charge is -2.64. The molecule has 8 aliphatic rings. The van der Waals surface area contributed by atoms with Gasteiger partial charge in [-0.3, -0.25) is 14.4 Å². The Kier molecular flexibility index (Phi) is 13.5. The van der Waals surface area contributed by atoms with Crippen LogP contribution in [0.3, 0.4) is 0 Å². The highest BCUT2D eigenvalue weighted by Gasteiger charge is 2.68. The van der Waals surface area contributed by atoms with Crippen LogP contribution in [0.25, 0.3) is 0 Å². The average molecular weight is 891 g/mol. The van der Waals surface area contributed by atoms with Crippen molar-refractivity contribution in [3.63, 3.8) is 0 Å². The Morgan fingerprint density at radius 1 is 0.667 bits per heavy atom. The Bertz CT molecular complexity index is 1740. The zero-order valence-electron chi connectivity index (χ0n) is 38.2. The van der Waals surface area contributed by atoms with Gasteiger partial charge in [0.2, 0.25) is 0 Å². The van der Waals surface area contributed by atoms with E-state index in [4.69, 9.17) is 47.4 Å². The van der Waals surface area contributed by atoms with Gasteiger partial charge in [0, 0.05) is 51.5 Å². The van der Waals surface area contributed by atoms with E-state index < -0.39 is 97.3 Å². The SMILES string of the molecule is CC(=O)O[C@H]1[C@@H](OC(C)=O)C[C@@H](O[C@H]2C[C@@H](O[C@H]3CC[C@@]4(C)[C@H](CC[C@@H]5[C@@H]4CC[C@]4(C)[C@@H](C6=CC(=O)OC6)CCC54O)C3)O[C@H](C)[C@H]2O[C@@H]2C[C@H](O)[C@H](OC(C)=O)[C@@H](C)O2)O[C@@H]1C. The summed E-state index contributed by atoms with van der Waals surface area (Å²) in [7, 11) is 0. The number of aliphatic hydroxyl groups is 2. The largest absolute Gasteiger partial charge is 0.458 e. The van der Waals surface area contributed by atoms with Gasteiger partial charge in [-0.05, 0) is 113 Å². The average Bonchev–Trinajstić information content (AvgIpc) is 3.74. The number of carbonyl (C=O) groups is 4. The van der Waals surface area contributed by atoms with Gasteiger partial charge in [-0.15, -0.1) is 0 Å². The molecule has 4 aliphatic carbocycles. The maximum absolute atomic E-state index is 12.7. The Hall–Kier alpha value is -2.70. The Labute approximate surface area is 370 Å². The van der Waals surface area contributed by atoms with E-state index in [1.807, 2.05) is 6.92 Å². The topological polar surface area (TPSA) is 201 Å². The molecule has 0 amide bonds. The molecule has 20 atom stereocenters. The van der Waals surface area contributed by atoms with Crippen molar-refractivity contribution >= 4 is 23.9 Å². The summed E-state index contributed by atoms with van der Waals surface area (Å²) in [6.45, 7) is 14.2. The fourth-order valence-corrected chi connectivity index (χ4v) is 13.7. The zero-order valence-corrected chi connectivity index (χ0v) is 38.2. The molecule has 16 nitrogen and oxygen atoms in total. The van der Waals surface area contributed by atoms with Crippen molar-refractivity contribution in [2.24, 2.45) is 34.5 Å². The maximum atomic E-state index is 12.7. The van der Waals surface area contributed by atoms with Gasteiger partial charge in [0.25, 0.3) is 0 Å². The number of rotatable bonds is 10. The second-order valence-corrected chi connectivity index (χ2v) is 20.5. The lowest BCUT2D eigenvalue weighted by atomic mass is 9.43. The summed E-state index contributed by atoms with van der Waals surface area (Å²) < 4.78 is 60.9. The molecule has 63 heavy (non-hydrogen) atoms. The van der Waals surface area contributed by atoms with Crippen molar-refractivity contribution in [3.05, 3.63) is 11.6 Å². The molecule has 354 valence electrons. The van der Waals surface area contributed by atoms with E-state index >= 15 is 0 Å². The van der Waals surface area contributed by atoms with Crippen LogP contribution in [0.5, 0.6) is 0 Å². The standard InChI is InChI=1S/C47H70O16/c1-23-42(59-27(5)49)35(51)19-39(55-23)63-44-25(3)56-40(21-37(44)62-41-20-36(58-26(4)48)43(24(2)57-41)60-28(6)50)61-31-11-14-45(7)30(18-31)9-10-34-33(45)12-15-46(8)32(13-16-47(34,46)53)29-17-38(52)54-22-29/h17,23-25,30-37,39-44,51,53H,9-16,18-22H2,1-8H3/t23-,24-,25-,30-,31+,32-,33+,34-,35+,36+,37+,39-,40-,41-,42-,43-,44-,45+,46-,47?/m1/s1. The van der Waals surface area contributed by atoms with Crippen molar-refractivity contribution in [2.45, 2.75) is 218 Å². The molecule has 0 spiro atoms. The fraction of sp³-hybridized carbons (Fsp3) is 0.872. The summed E-state index contributed by atoms with van der Waals surface area (Å²) in [5.74, 6) is -0.661. The van der Waals surface area contributed by atoms with Gasteiger partial charge in [-0.25, -0.2) is 4.79 Å². The summed E-state index contributed by atoms with van der Waals surface area (Å²) in [5.41, 5.74) is 0.0368.